The van der Waals surface area contributed by atoms with E-state index < -0.39 is 17.5 Å². The van der Waals surface area contributed by atoms with E-state index in [-0.39, 0.29) is 28.7 Å². The predicted octanol–water partition coefficient (Wildman–Crippen LogP) is 4.63. The monoisotopic (exact) mass is 369 g/mol. The van der Waals surface area contributed by atoms with Gasteiger partial charge in [0.05, 0.1) is 11.1 Å². The first-order valence-corrected chi connectivity index (χ1v) is 8.23. The van der Waals surface area contributed by atoms with Crippen LogP contribution in [0.1, 0.15) is 28.2 Å². The number of ketones is 1. The number of alkyl halides is 3. The van der Waals surface area contributed by atoms with Crippen molar-refractivity contribution in [3.8, 4) is 0 Å². The maximum absolute atomic E-state index is 13.0. The number of hydrogen-bond donors (Lipinski definition) is 1. The molecule has 1 heterocycles. The molecule has 3 nitrogen and oxygen atoms in total. The van der Waals surface area contributed by atoms with Gasteiger partial charge in [-0.25, -0.2) is 0 Å². The molecule has 2 aliphatic rings. The van der Waals surface area contributed by atoms with Gasteiger partial charge in [-0.1, -0.05) is 48.6 Å². The molecule has 0 aromatic heterocycles. The molecule has 0 bridgehead atoms. The molecular weight excluding hydrogens is 355 g/mol. The van der Waals surface area contributed by atoms with Gasteiger partial charge < -0.3 is 10.5 Å². The molecule has 0 spiro atoms. The second-order valence-corrected chi connectivity index (χ2v) is 6.29. The van der Waals surface area contributed by atoms with Crippen molar-refractivity contribution >= 4 is 17.4 Å². The molecule has 0 radical (unpaired) electrons. The van der Waals surface area contributed by atoms with Crippen LogP contribution >= 0.6 is 0 Å². The summed E-state index contributed by atoms with van der Waals surface area (Å²) in [5, 5.41) is 0. The number of benzene rings is 2. The van der Waals surface area contributed by atoms with Crippen molar-refractivity contribution in [2.75, 3.05) is 0 Å². The molecule has 1 aliphatic heterocycles. The highest BCUT2D eigenvalue weighted by atomic mass is 19.4. The fourth-order valence-electron chi connectivity index (χ4n) is 3.27. The van der Waals surface area contributed by atoms with Crippen molar-refractivity contribution in [1.29, 1.82) is 0 Å². The van der Waals surface area contributed by atoms with E-state index in [4.69, 9.17) is 10.5 Å². The van der Waals surface area contributed by atoms with Crippen LogP contribution in [0.5, 0.6) is 0 Å². The third-order valence-corrected chi connectivity index (χ3v) is 4.56. The molecular formula is C21H14F3NO2. The summed E-state index contributed by atoms with van der Waals surface area (Å²) in [6.45, 7) is 0. The molecule has 0 fully saturated rings. The highest BCUT2D eigenvalue weighted by Gasteiger charge is 2.34. The summed E-state index contributed by atoms with van der Waals surface area (Å²) in [5.41, 5.74) is 7.06. The lowest BCUT2D eigenvalue weighted by atomic mass is 9.96. The van der Waals surface area contributed by atoms with Crippen LogP contribution in [-0.4, -0.2) is 5.78 Å². The molecule has 0 amide bonds. The van der Waals surface area contributed by atoms with Gasteiger partial charge in [0.15, 0.2) is 5.76 Å². The quantitative estimate of drug-likeness (QED) is 0.786. The van der Waals surface area contributed by atoms with Gasteiger partial charge in [-0.2, -0.15) is 13.2 Å². The first-order chi connectivity index (χ1) is 12.8. The summed E-state index contributed by atoms with van der Waals surface area (Å²) in [7, 11) is 0. The van der Waals surface area contributed by atoms with Gasteiger partial charge in [-0.15, -0.1) is 0 Å². The number of fused-ring (bicyclic) bond motifs is 1. The summed E-state index contributed by atoms with van der Waals surface area (Å²) >= 11 is 0. The molecule has 0 saturated heterocycles. The second-order valence-electron chi connectivity index (χ2n) is 6.29. The maximum Gasteiger partial charge on any atom is 0.416 e. The number of allylic oxidation sites excluding steroid dienone is 3. The van der Waals surface area contributed by atoms with Gasteiger partial charge in [0, 0.05) is 5.92 Å². The van der Waals surface area contributed by atoms with Crippen LogP contribution in [0.25, 0.3) is 11.6 Å². The average Bonchev–Trinajstić information content (AvgIpc) is 3.16. The van der Waals surface area contributed by atoms with Crippen molar-refractivity contribution in [2.45, 2.75) is 12.1 Å². The number of halogens is 3. The minimum absolute atomic E-state index is 0.0197. The lowest BCUT2D eigenvalue weighted by Crippen LogP contribution is -2.07. The second kappa shape index (κ2) is 6.16. The summed E-state index contributed by atoms with van der Waals surface area (Å²) in [4.78, 5) is 12.7. The number of rotatable bonds is 2. The zero-order chi connectivity index (χ0) is 19.2. The Kier molecular flexibility index (Phi) is 3.91. The van der Waals surface area contributed by atoms with Crippen LogP contribution in [0.4, 0.5) is 13.2 Å². The van der Waals surface area contributed by atoms with Crippen LogP contribution in [0, 0.1) is 0 Å². The normalized spacial score (nSPS) is 20.3. The Hall–Kier alpha value is -3.28. The number of carbonyl (C=O) groups is 1. The maximum atomic E-state index is 13.0. The molecule has 1 atom stereocenters. The molecule has 27 heavy (non-hydrogen) atoms. The fourth-order valence-corrected chi connectivity index (χ4v) is 3.27. The summed E-state index contributed by atoms with van der Waals surface area (Å²) in [6, 6.07) is 12.2. The minimum atomic E-state index is -4.51. The van der Waals surface area contributed by atoms with Gasteiger partial charge in [0.1, 0.15) is 0 Å². The predicted molar refractivity (Wildman–Crippen MR) is 94.9 cm³/mol. The molecule has 6 heteroatoms. The van der Waals surface area contributed by atoms with Gasteiger partial charge in [-0.3, -0.25) is 4.79 Å². The van der Waals surface area contributed by atoms with Crippen LogP contribution in [-0.2, 0) is 15.7 Å². The Morgan fingerprint density at radius 3 is 2.63 bits per heavy atom. The van der Waals surface area contributed by atoms with E-state index in [1.54, 1.807) is 6.08 Å². The zero-order valence-electron chi connectivity index (χ0n) is 14.0. The molecule has 136 valence electrons. The lowest BCUT2D eigenvalue weighted by Gasteiger charge is -2.08. The van der Waals surface area contributed by atoms with Crippen LogP contribution in [0.2, 0.25) is 0 Å². The van der Waals surface area contributed by atoms with Crippen LogP contribution < -0.4 is 5.73 Å². The van der Waals surface area contributed by atoms with Crippen LogP contribution in [0.3, 0.4) is 0 Å². The van der Waals surface area contributed by atoms with Gasteiger partial charge in [-0.05, 0) is 34.9 Å². The summed E-state index contributed by atoms with van der Waals surface area (Å²) in [6.07, 6.45) is 0.997. The van der Waals surface area contributed by atoms with Gasteiger partial charge in [0.2, 0.25) is 11.7 Å². The average molecular weight is 369 g/mol. The van der Waals surface area contributed by atoms with Crippen molar-refractivity contribution < 1.29 is 22.7 Å². The van der Waals surface area contributed by atoms with Crippen molar-refractivity contribution in [3.05, 3.63) is 94.6 Å². The van der Waals surface area contributed by atoms with Gasteiger partial charge >= 0.3 is 6.18 Å². The van der Waals surface area contributed by atoms with E-state index in [1.807, 2.05) is 36.4 Å². The minimum Gasteiger partial charge on any atom is -0.437 e. The summed E-state index contributed by atoms with van der Waals surface area (Å²) < 4.78 is 44.3. The van der Waals surface area contributed by atoms with E-state index in [1.165, 1.54) is 12.1 Å². The van der Waals surface area contributed by atoms with Crippen molar-refractivity contribution in [1.82, 2.24) is 0 Å². The molecule has 0 saturated carbocycles. The SMILES string of the molecule is NC1=C(c2cccc(C(F)(F)F)c2)C(=O)C(=CC2C=Cc3ccccc32)O1. The highest BCUT2D eigenvalue weighted by molar-refractivity contribution is 6.30. The van der Waals surface area contributed by atoms with Gasteiger partial charge in [0.25, 0.3) is 0 Å². The van der Waals surface area contributed by atoms with E-state index in [9.17, 15) is 18.0 Å². The Balaban J connectivity index is 1.66. The largest absolute Gasteiger partial charge is 0.437 e. The first kappa shape index (κ1) is 17.1. The highest BCUT2D eigenvalue weighted by Crippen LogP contribution is 2.37. The van der Waals surface area contributed by atoms with E-state index in [0.29, 0.717) is 0 Å². The Labute approximate surface area is 153 Å². The van der Waals surface area contributed by atoms with Crippen molar-refractivity contribution in [3.63, 3.8) is 0 Å². The third-order valence-electron chi connectivity index (χ3n) is 4.56. The number of hydrogen-bond acceptors (Lipinski definition) is 3. The topological polar surface area (TPSA) is 52.3 Å². The van der Waals surface area contributed by atoms with Crippen molar-refractivity contribution in [2.24, 2.45) is 5.73 Å². The van der Waals surface area contributed by atoms with E-state index in [2.05, 4.69) is 0 Å². The molecule has 1 unspecified atom stereocenters. The molecule has 2 aromatic carbocycles. The summed E-state index contributed by atoms with van der Waals surface area (Å²) in [5.74, 6) is -0.856. The standard InChI is InChI=1S/C21H14F3NO2/c22-21(23,24)15-6-3-5-14(10-15)18-19(26)17(27-20(18)25)11-13-9-8-12-4-1-2-7-16(12)13/h1-11,13H,25H2. The Morgan fingerprint density at radius 1 is 1.07 bits per heavy atom. The molecule has 2 aromatic rings. The number of Topliss-reactive ketones (excluding diaryl/α,β-unsaturated/α-hetero) is 1. The van der Waals surface area contributed by atoms with E-state index >= 15 is 0 Å². The number of ether oxygens (including phenoxy) is 1. The fraction of sp³-hybridized carbons (Fsp3) is 0.0952. The smallest absolute Gasteiger partial charge is 0.416 e. The lowest BCUT2D eigenvalue weighted by molar-refractivity contribution is -0.137. The zero-order valence-corrected chi connectivity index (χ0v) is 14.0. The van der Waals surface area contributed by atoms with E-state index in [0.717, 1.165) is 23.3 Å². The number of carbonyl (C=O) groups excluding carboxylic acids is 1. The molecule has 4 rings (SSSR count). The molecule has 2 N–H and O–H groups in total. The van der Waals surface area contributed by atoms with Crippen LogP contribution in [0.15, 0.2) is 72.3 Å². The Bertz CT molecular complexity index is 1030. The third kappa shape index (κ3) is 3.03. The first-order valence-electron chi connectivity index (χ1n) is 8.23. The Morgan fingerprint density at radius 2 is 1.85 bits per heavy atom. The molecule has 1 aliphatic carbocycles. The number of nitrogens with two attached hydrogens (primary N) is 1.